The highest BCUT2D eigenvalue weighted by Crippen LogP contribution is 2.30. The van der Waals surface area contributed by atoms with E-state index in [0.717, 1.165) is 23.4 Å². The predicted molar refractivity (Wildman–Crippen MR) is 86.6 cm³/mol. The summed E-state index contributed by atoms with van der Waals surface area (Å²) in [5.41, 5.74) is 0.204. The number of nitrogens with one attached hydrogen (secondary N) is 1. The van der Waals surface area contributed by atoms with Gasteiger partial charge in [0, 0.05) is 6.54 Å². The van der Waals surface area contributed by atoms with E-state index in [1.165, 1.54) is 12.1 Å². The van der Waals surface area contributed by atoms with Crippen LogP contribution in [0.2, 0.25) is 0 Å². The highest BCUT2D eigenvalue weighted by molar-refractivity contribution is 5.77. The van der Waals surface area contributed by atoms with Crippen molar-refractivity contribution in [3.05, 3.63) is 59.7 Å². The Kier molecular flexibility index (Phi) is 6.27. The van der Waals surface area contributed by atoms with E-state index in [4.69, 9.17) is 9.47 Å². The first-order chi connectivity index (χ1) is 11.9. The second-order valence-electron chi connectivity index (χ2n) is 5.22. The zero-order valence-corrected chi connectivity index (χ0v) is 13.6. The molecule has 0 heterocycles. The first-order valence-electron chi connectivity index (χ1n) is 7.59. The Morgan fingerprint density at radius 3 is 2.40 bits per heavy atom. The highest BCUT2D eigenvalue weighted by Gasteiger charge is 2.30. The van der Waals surface area contributed by atoms with Crippen molar-refractivity contribution in [2.24, 2.45) is 0 Å². The summed E-state index contributed by atoms with van der Waals surface area (Å²) in [6.07, 6.45) is -3.80. The van der Waals surface area contributed by atoms with E-state index in [-0.39, 0.29) is 18.3 Å². The van der Waals surface area contributed by atoms with Gasteiger partial charge in [0.15, 0.2) is 6.61 Å². The van der Waals surface area contributed by atoms with Crippen LogP contribution in [-0.2, 0) is 17.4 Å². The van der Waals surface area contributed by atoms with E-state index in [9.17, 15) is 18.0 Å². The van der Waals surface area contributed by atoms with E-state index in [1.807, 2.05) is 24.3 Å². The number of rotatable bonds is 7. The van der Waals surface area contributed by atoms with Crippen molar-refractivity contribution in [1.82, 2.24) is 5.32 Å². The standard InChI is InChI=1S/C18H18F3NO3/c1-24-16-5-3-2-4-13(16)10-11-22-17(23)12-25-15-8-6-14(7-9-15)18(19,20)21/h2-9H,10-12H2,1H3,(H,22,23). The Morgan fingerprint density at radius 2 is 1.76 bits per heavy atom. The van der Waals surface area contributed by atoms with Crippen LogP contribution in [0.1, 0.15) is 11.1 Å². The quantitative estimate of drug-likeness (QED) is 0.829. The van der Waals surface area contributed by atoms with Crippen molar-refractivity contribution in [2.75, 3.05) is 20.3 Å². The van der Waals surface area contributed by atoms with Gasteiger partial charge in [-0.1, -0.05) is 18.2 Å². The molecule has 0 saturated heterocycles. The normalized spacial score (nSPS) is 11.0. The van der Waals surface area contributed by atoms with E-state index in [1.54, 1.807) is 7.11 Å². The van der Waals surface area contributed by atoms with Gasteiger partial charge in [0.05, 0.1) is 12.7 Å². The number of carbonyl (C=O) groups is 1. The van der Waals surface area contributed by atoms with Gasteiger partial charge in [-0.25, -0.2) is 0 Å². The number of benzene rings is 2. The van der Waals surface area contributed by atoms with E-state index in [2.05, 4.69) is 5.32 Å². The molecular weight excluding hydrogens is 335 g/mol. The maximum atomic E-state index is 12.5. The van der Waals surface area contributed by atoms with Crippen molar-refractivity contribution >= 4 is 5.91 Å². The van der Waals surface area contributed by atoms with Gasteiger partial charge in [-0.3, -0.25) is 4.79 Å². The third-order valence-corrected chi connectivity index (χ3v) is 3.46. The molecule has 0 fully saturated rings. The number of alkyl halides is 3. The second-order valence-corrected chi connectivity index (χ2v) is 5.22. The topological polar surface area (TPSA) is 47.6 Å². The monoisotopic (exact) mass is 353 g/mol. The Hall–Kier alpha value is -2.70. The van der Waals surface area contributed by atoms with Crippen molar-refractivity contribution in [3.8, 4) is 11.5 Å². The van der Waals surface area contributed by atoms with Crippen LogP contribution in [0, 0.1) is 0 Å². The molecule has 0 aromatic heterocycles. The van der Waals surface area contributed by atoms with E-state index in [0.29, 0.717) is 13.0 Å². The fraction of sp³-hybridized carbons (Fsp3) is 0.278. The van der Waals surface area contributed by atoms with Crippen LogP contribution in [0.5, 0.6) is 11.5 Å². The average Bonchev–Trinajstić information content (AvgIpc) is 2.60. The number of methoxy groups -OCH3 is 1. The van der Waals surface area contributed by atoms with Gasteiger partial charge in [0.2, 0.25) is 0 Å². The van der Waals surface area contributed by atoms with Gasteiger partial charge in [0.1, 0.15) is 11.5 Å². The molecule has 7 heteroatoms. The Morgan fingerprint density at radius 1 is 1.08 bits per heavy atom. The van der Waals surface area contributed by atoms with Crippen molar-refractivity contribution in [2.45, 2.75) is 12.6 Å². The summed E-state index contributed by atoms with van der Waals surface area (Å²) < 4.78 is 47.8. The minimum Gasteiger partial charge on any atom is -0.496 e. The molecule has 0 unspecified atom stereocenters. The highest BCUT2D eigenvalue weighted by atomic mass is 19.4. The van der Waals surface area contributed by atoms with Crippen LogP contribution in [0.4, 0.5) is 13.2 Å². The summed E-state index contributed by atoms with van der Waals surface area (Å²) >= 11 is 0. The lowest BCUT2D eigenvalue weighted by Gasteiger charge is -2.10. The van der Waals surface area contributed by atoms with Crippen LogP contribution < -0.4 is 14.8 Å². The Labute approximate surface area is 143 Å². The molecule has 0 bridgehead atoms. The first kappa shape index (κ1) is 18.6. The van der Waals surface area contributed by atoms with Gasteiger partial charge in [-0.15, -0.1) is 0 Å². The minimum absolute atomic E-state index is 0.202. The van der Waals surface area contributed by atoms with Crippen LogP contribution in [0.15, 0.2) is 48.5 Å². The Balaban J connectivity index is 1.75. The fourth-order valence-electron chi connectivity index (χ4n) is 2.19. The molecule has 0 atom stereocenters. The third-order valence-electron chi connectivity index (χ3n) is 3.46. The van der Waals surface area contributed by atoms with Crippen molar-refractivity contribution < 1.29 is 27.4 Å². The number of ether oxygens (including phenoxy) is 2. The van der Waals surface area contributed by atoms with Crippen molar-refractivity contribution in [3.63, 3.8) is 0 Å². The molecule has 25 heavy (non-hydrogen) atoms. The van der Waals surface area contributed by atoms with Gasteiger partial charge in [-0.2, -0.15) is 13.2 Å². The first-order valence-corrected chi connectivity index (χ1v) is 7.59. The molecular formula is C18H18F3NO3. The molecule has 4 nitrogen and oxygen atoms in total. The molecule has 0 saturated carbocycles. The number of halogens is 3. The molecule has 0 spiro atoms. The maximum Gasteiger partial charge on any atom is 0.416 e. The zero-order valence-electron chi connectivity index (χ0n) is 13.6. The summed E-state index contributed by atoms with van der Waals surface area (Å²) in [5, 5.41) is 2.69. The molecule has 1 amide bonds. The van der Waals surface area contributed by atoms with Gasteiger partial charge in [-0.05, 0) is 42.3 Å². The number of carbonyl (C=O) groups excluding carboxylic acids is 1. The number of para-hydroxylation sites is 1. The lowest BCUT2D eigenvalue weighted by Crippen LogP contribution is -2.30. The lowest BCUT2D eigenvalue weighted by atomic mass is 10.1. The molecule has 0 aliphatic carbocycles. The van der Waals surface area contributed by atoms with Crippen LogP contribution in [0.3, 0.4) is 0 Å². The molecule has 1 N–H and O–H groups in total. The maximum absolute atomic E-state index is 12.5. The smallest absolute Gasteiger partial charge is 0.416 e. The molecule has 0 radical (unpaired) electrons. The molecule has 2 rings (SSSR count). The molecule has 0 aliphatic rings. The minimum atomic E-state index is -4.39. The number of amides is 1. The van der Waals surface area contributed by atoms with Crippen LogP contribution >= 0.6 is 0 Å². The van der Waals surface area contributed by atoms with Gasteiger partial charge < -0.3 is 14.8 Å². The molecule has 0 aliphatic heterocycles. The van der Waals surface area contributed by atoms with Gasteiger partial charge in [0.25, 0.3) is 5.91 Å². The predicted octanol–water partition coefficient (Wildman–Crippen LogP) is 3.45. The third kappa shape index (κ3) is 5.70. The van der Waals surface area contributed by atoms with Gasteiger partial charge >= 0.3 is 6.18 Å². The number of hydrogen-bond acceptors (Lipinski definition) is 3. The van der Waals surface area contributed by atoms with E-state index < -0.39 is 11.7 Å². The number of hydrogen-bond donors (Lipinski definition) is 1. The summed E-state index contributed by atoms with van der Waals surface area (Å²) in [4.78, 5) is 11.7. The lowest BCUT2D eigenvalue weighted by molar-refractivity contribution is -0.137. The largest absolute Gasteiger partial charge is 0.496 e. The van der Waals surface area contributed by atoms with Crippen LogP contribution in [0.25, 0.3) is 0 Å². The second kappa shape index (κ2) is 8.41. The fourth-order valence-corrected chi connectivity index (χ4v) is 2.19. The molecule has 134 valence electrons. The van der Waals surface area contributed by atoms with E-state index >= 15 is 0 Å². The summed E-state index contributed by atoms with van der Waals surface area (Å²) in [7, 11) is 1.58. The molecule has 2 aromatic carbocycles. The molecule has 2 aromatic rings. The Bertz CT molecular complexity index is 699. The summed E-state index contributed by atoms with van der Waals surface area (Å²) in [6, 6.07) is 11.7. The SMILES string of the molecule is COc1ccccc1CCNC(=O)COc1ccc(C(F)(F)F)cc1. The van der Waals surface area contributed by atoms with Crippen LogP contribution in [-0.4, -0.2) is 26.2 Å². The average molecular weight is 353 g/mol. The zero-order chi connectivity index (χ0) is 18.3. The summed E-state index contributed by atoms with van der Waals surface area (Å²) in [6.45, 7) is 0.132. The van der Waals surface area contributed by atoms with Crippen molar-refractivity contribution in [1.29, 1.82) is 0 Å². The summed E-state index contributed by atoms with van der Waals surface area (Å²) in [5.74, 6) is 0.598.